The lowest BCUT2D eigenvalue weighted by Gasteiger charge is -2.07. The highest BCUT2D eigenvalue weighted by Gasteiger charge is 2.33. The second-order valence-electron chi connectivity index (χ2n) is 6.11. The smallest absolute Gasteiger partial charge is 0.236 e. The summed E-state index contributed by atoms with van der Waals surface area (Å²) < 4.78 is 1.83. The first-order valence-corrected chi connectivity index (χ1v) is 8.91. The summed E-state index contributed by atoms with van der Waals surface area (Å²) in [5, 5.41) is 0.809. The first-order valence-electron chi connectivity index (χ1n) is 7.92. The third-order valence-corrected chi connectivity index (χ3v) is 5.18. The van der Waals surface area contributed by atoms with Crippen molar-refractivity contribution in [1.29, 1.82) is 0 Å². The highest BCUT2D eigenvalue weighted by molar-refractivity contribution is 7.98. The molecule has 1 fully saturated rings. The van der Waals surface area contributed by atoms with Gasteiger partial charge in [-0.2, -0.15) is 0 Å². The number of fused-ring (bicyclic) bond motifs is 1. The second-order valence-corrected chi connectivity index (χ2v) is 7.05. The van der Waals surface area contributed by atoms with Crippen LogP contribution >= 0.6 is 11.8 Å². The number of thioether (sulfide) groups is 1. The summed E-state index contributed by atoms with van der Waals surface area (Å²) in [5.41, 5.74) is 4.33. The van der Waals surface area contributed by atoms with Crippen molar-refractivity contribution in [2.45, 2.75) is 30.7 Å². The topological polar surface area (TPSA) is 34.9 Å². The molecule has 116 valence electrons. The molecule has 0 bridgehead atoms. The van der Waals surface area contributed by atoms with Crippen molar-refractivity contribution in [3.05, 3.63) is 59.7 Å². The van der Waals surface area contributed by atoms with Gasteiger partial charge in [0, 0.05) is 11.7 Å². The molecular formula is C19H18N2OS. The van der Waals surface area contributed by atoms with Crippen LogP contribution in [-0.2, 0) is 5.75 Å². The van der Waals surface area contributed by atoms with Gasteiger partial charge in [-0.15, -0.1) is 0 Å². The third-order valence-electron chi connectivity index (χ3n) is 4.17. The van der Waals surface area contributed by atoms with E-state index in [0.29, 0.717) is 0 Å². The standard InChI is InChI=1S/C19H18N2OS/c1-13-6-8-14(9-7-13)12-23-19-20-16-4-2-3-5-17(16)21(19)18(22)15-10-11-15/h2-9,15H,10-12H2,1H3. The van der Waals surface area contributed by atoms with Gasteiger partial charge in [0.15, 0.2) is 5.16 Å². The van der Waals surface area contributed by atoms with Crippen LogP contribution in [0.4, 0.5) is 0 Å². The van der Waals surface area contributed by atoms with Crippen LogP contribution in [-0.4, -0.2) is 15.5 Å². The maximum absolute atomic E-state index is 12.7. The van der Waals surface area contributed by atoms with Crippen molar-refractivity contribution in [3.63, 3.8) is 0 Å². The van der Waals surface area contributed by atoms with E-state index in [9.17, 15) is 4.79 Å². The zero-order valence-electron chi connectivity index (χ0n) is 13.0. The minimum Gasteiger partial charge on any atom is -0.274 e. The molecule has 1 heterocycles. The zero-order chi connectivity index (χ0) is 15.8. The second kappa shape index (κ2) is 5.85. The molecule has 0 N–H and O–H groups in total. The van der Waals surface area contributed by atoms with Crippen LogP contribution in [0.15, 0.2) is 53.7 Å². The lowest BCUT2D eigenvalue weighted by Crippen LogP contribution is -2.13. The largest absolute Gasteiger partial charge is 0.274 e. The SMILES string of the molecule is Cc1ccc(CSc2nc3ccccc3n2C(=O)C2CC2)cc1. The molecule has 1 aliphatic carbocycles. The molecule has 0 saturated heterocycles. The maximum atomic E-state index is 12.7. The summed E-state index contributed by atoms with van der Waals surface area (Å²) in [6, 6.07) is 16.4. The Morgan fingerprint density at radius 1 is 1.17 bits per heavy atom. The minimum absolute atomic E-state index is 0.186. The van der Waals surface area contributed by atoms with Gasteiger partial charge >= 0.3 is 0 Å². The number of nitrogens with zero attached hydrogens (tertiary/aromatic N) is 2. The Morgan fingerprint density at radius 2 is 1.91 bits per heavy atom. The number of benzene rings is 2. The van der Waals surface area contributed by atoms with E-state index in [4.69, 9.17) is 0 Å². The van der Waals surface area contributed by atoms with E-state index < -0.39 is 0 Å². The Hall–Kier alpha value is -2.07. The minimum atomic E-state index is 0.186. The molecule has 1 saturated carbocycles. The zero-order valence-corrected chi connectivity index (χ0v) is 13.8. The van der Waals surface area contributed by atoms with Gasteiger partial charge in [0.25, 0.3) is 0 Å². The summed E-state index contributed by atoms with van der Waals surface area (Å²) in [6.45, 7) is 2.09. The normalized spacial score (nSPS) is 14.3. The Morgan fingerprint density at radius 3 is 2.65 bits per heavy atom. The molecule has 4 heteroatoms. The number of imidazole rings is 1. The summed E-state index contributed by atoms with van der Waals surface area (Å²) in [5.74, 6) is 1.21. The van der Waals surface area contributed by atoms with Crippen LogP contribution in [0.1, 0.15) is 28.8 Å². The van der Waals surface area contributed by atoms with E-state index in [2.05, 4.69) is 36.2 Å². The number of carbonyl (C=O) groups is 1. The monoisotopic (exact) mass is 322 g/mol. The van der Waals surface area contributed by atoms with Gasteiger partial charge in [0.1, 0.15) is 0 Å². The fourth-order valence-electron chi connectivity index (χ4n) is 2.66. The van der Waals surface area contributed by atoms with Gasteiger partial charge in [-0.1, -0.05) is 53.7 Å². The predicted octanol–water partition coefficient (Wildman–Crippen LogP) is 4.69. The van der Waals surface area contributed by atoms with Gasteiger partial charge in [0.2, 0.25) is 5.91 Å². The van der Waals surface area contributed by atoms with Crippen molar-refractivity contribution in [1.82, 2.24) is 9.55 Å². The molecule has 1 aromatic heterocycles. The van der Waals surface area contributed by atoms with E-state index in [0.717, 1.165) is 34.8 Å². The summed E-state index contributed by atoms with van der Waals surface area (Å²) in [6.07, 6.45) is 2.01. The molecule has 0 aliphatic heterocycles. The molecule has 0 radical (unpaired) electrons. The summed E-state index contributed by atoms with van der Waals surface area (Å²) in [7, 11) is 0. The predicted molar refractivity (Wildman–Crippen MR) is 93.8 cm³/mol. The quantitative estimate of drug-likeness (QED) is 0.654. The Kier molecular flexibility index (Phi) is 3.69. The van der Waals surface area contributed by atoms with E-state index in [-0.39, 0.29) is 11.8 Å². The molecule has 3 aromatic rings. The average Bonchev–Trinajstić information content (AvgIpc) is 3.35. The van der Waals surface area contributed by atoms with Crippen LogP contribution in [0.25, 0.3) is 11.0 Å². The molecule has 4 rings (SSSR count). The van der Waals surface area contributed by atoms with Crippen molar-refractivity contribution < 1.29 is 4.79 Å². The van der Waals surface area contributed by atoms with Crippen molar-refractivity contribution in [2.75, 3.05) is 0 Å². The summed E-state index contributed by atoms with van der Waals surface area (Å²) in [4.78, 5) is 17.4. The van der Waals surface area contributed by atoms with Crippen molar-refractivity contribution in [3.8, 4) is 0 Å². The molecule has 1 aliphatic rings. The van der Waals surface area contributed by atoms with E-state index in [1.807, 2.05) is 28.8 Å². The molecule has 23 heavy (non-hydrogen) atoms. The Balaban J connectivity index is 1.66. The fourth-order valence-corrected chi connectivity index (χ4v) is 3.63. The first kappa shape index (κ1) is 14.5. The fraction of sp³-hybridized carbons (Fsp3) is 0.263. The van der Waals surface area contributed by atoms with Crippen LogP contribution in [0.3, 0.4) is 0 Å². The number of para-hydroxylation sites is 2. The molecule has 0 amide bonds. The van der Waals surface area contributed by atoms with Gasteiger partial charge in [0.05, 0.1) is 11.0 Å². The van der Waals surface area contributed by atoms with Gasteiger partial charge in [-0.3, -0.25) is 9.36 Å². The average molecular weight is 322 g/mol. The highest BCUT2D eigenvalue weighted by atomic mass is 32.2. The number of aromatic nitrogens is 2. The number of aryl methyl sites for hydroxylation is 1. The number of hydrogen-bond acceptors (Lipinski definition) is 3. The molecule has 0 atom stereocenters. The van der Waals surface area contributed by atoms with Crippen LogP contribution in [0.2, 0.25) is 0 Å². The molecule has 2 aromatic carbocycles. The molecule has 0 spiro atoms. The lowest BCUT2D eigenvalue weighted by molar-refractivity contribution is 0.0881. The number of rotatable bonds is 4. The lowest BCUT2D eigenvalue weighted by atomic mass is 10.2. The van der Waals surface area contributed by atoms with Crippen LogP contribution < -0.4 is 0 Å². The van der Waals surface area contributed by atoms with E-state index in [1.54, 1.807) is 11.8 Å². The molecule has 0 unspecified atom stereocenters. The maximum Gasteiger partial charge on any atom is 0.236 e. The van der Waals surface area contributed by atoms with Crippen molar-refractivity contribution in [2.24, 2.45) is 5.92 Å². The Labute approximate surface area is 139 Å². The van der Waals surface area contributed by atoms with Gasteiger partial charge in [-0.25, -0.2) is 4.98 Å². The van der Waals surface area contributed by atoms with Gasteiger partial charge in [-0.05, 0) is 37.5 Å². The van der Waals surface area contributed by atoms with E-state index in [1.165, 1.54) is 11.1 Å². The molecular weight excluding hydrogens is 304 g/mol. The van der Waals surface area contributed by atoms with Gasteiger partial charge < -0.3 is 0 Å². The number of carbonyl (C=O) groups excluding carboxylic acids is 1. The Bertz CT molecular complexity index is 863. The highest BCUT2D eigenvalue weighted by Crippen LogP contribution is 2.35. The van der Waals surface area contributed by atoms with Crippen LogP contribution in [0.5, 0.6) is 0 Å². The van der Waals surface area contributed by atoms with Crippen LogP contribution in [0, 0.1) is 12.8 Å². The summed E-state index contributed by atoms with van der Waals surface area (Å²) >= 11 is 1.64. The first-order chi connectivity index (χ1) is 11.2. The molecule has 3 nitrogen and oxygen atoms in total. The van der Waals surface area contributed by atoms with Crippen molar-refractivity contribution >= 4 is 28.7 Å². The van der Waals surface area contributed by atoms with E-state index >= 15 is 0 Å². The number of hydrogen-bond donors (Lipinski definition) is 0. The third kappa shape index (κ3) is 2.91.